The van der Waals surface area contributed by atoms with Crippen LogP contribution in [0.4, 0.5) is 5.13 Å². The number of nitrogens with one attached hydrogen (secondary N) is 2. The van der Waals surface area contributed by atoms with Crippen molar-refractivity contribution < 1.29 is 9.53 Å². The fourth-order valence-electron chi connectivity index (χ4n) is 3.99. The molecule has 3 rings (SSSR count). The van der Waals surface area contributed by atoms with Crippen LogP contribution in [0.1, 0.15) is 58.1 Å². The Morgan fingerprint density at radius 2 is 2.00 bits per heavy atom. The monoisotopic (exact) mass is 549 g/mol. The Kier molecular flexibility index (Phi) is 11.2. The number of carbonyl (C=O) groups excluding carboxylic acids is 1. The summed E-state index contributed by atoms with van der Waals surface area (Å²) >= 11 is 1.75. The molecule has 2 aliphatic rings. The lowest BCUT2D eigenvalue weighted by Crippen LogP contribution is -2.45. The van der Waals surface area contributed by atoms with Gasteiger partial charge in [0, 0.05) is 44.0 Å². The van der Waals surface area contributed by atoms with Crippen molar-refractivity contribution in [3.63, 3.8) is 0 Å². The van der Waals surface area contributed by atoms with Crippen molar-refractivity contribution in [2.24, 2.45) is 10.9 Å². The number of hydrogen-bond donors (Lipinski definition) is 2. The van der Waals surface area contributed by atoms with E-state index in [2.05, 4.69) is 27.8 Å². The number of thiazole rings is 1. The van der Waals surface area contributed by atoms with E-state index in [-0.39, 0.29) is 35.9 Å². The summed E-state index contributed by atoms with van der Waals surface area (Å²) in [5, 5.41) is 10.2. The maximum Gasteiger partial charge on any atom is 0.308 e. The van der Waals surface area contributed by atoms with Crippen LogP contribution in [-0.4, -0.2) is 55.7 Å². The minimum atomic E-state index is -0.0388. The van der Waals surface area contributed by atoms with Gasteiger partial charge in [0.15, 0.2) is 11.1 Å². The molecular weight excluding hydrogens is 513 g/mol. The average Bonchev–Trinajstić information content (AvgIpc) is 3.41. The number of hydrogen-bond acceptors (Lipinski definition) is 6. The second kappa shape index (κ2) is 13.3. The van der Waals surface area contributed by atoms with Gasteiger partial charge in [-0.1, -0.05) is 0 Å². The Balaban J connectivity index is 0.00000320. The fourth-order valence-corrected chi connectivity index (χ4v) is 4.91. The van der Waals surface area contributed by atoms with Gasteiger partial charge < -0.3 is 20.3 Å². The fraction of sp³-hybridized carbons (Fsp3) is 0.762. The number of carbonyl (C=O) groups is 1. The molecule has 0 bridgehead atoms. The van der Waals surface area contributed by atoms with Gasteiger partial charge in [0.2, 0.25) is 0 Å². The van der Waals surface area contributed by atoms with Gasteiger partial charge in [0.05, 0.1) is 18.2 Å². The summed E-state index contributed by atoms with van der Waals surface area (Å²) in [6, 6.07) is 0.361. The number of ether oxygens (including phenoxy) is 1. The number of halogens is 1. The van der Waals surface area contributed by atoms with Gasteiger partial charge in [0.1, 0.15) is 0 Å². The topological polar surface area (TPSA) is 78.9 Å². The summed E-state index contributed by atoms with van der Waals surface area (Å²) in [5.41, 5.74) is 1.13. The van der Waals surface area contributed by atoms with Crippen molar-refractivity contribution in [2.75, 3.05) is 37.7 Å². The first kappa shape index (κ1) is 25.2. The lowest BCUT2D eigenvalue weighted by atomic mass is 9.86. The van der Waals surface area contributed by atoms with Gasteiger partial charge in [-0.3, -0.25) is 9.79 Å². The number of aromatic nitrogens is 1. The van der Waals surface area contributed by atoms with Crippen LogP contribution in [0.15, 0.2) is 10.4 Å². The summed E-state index contributed by atoms with van der Waals surface area (Å²) in [5.74, 6) is 0.882. The molecule has 30 heavy (non-hydrogen) atoms. The maximum atomic E-state index is 11.9. The summed E-state index contributed by atoms with van der Waals surface area (Å²) in [6.07, 6.45) is 7.12. The van der Waals surface area contributed by atoms with E-state index in [1.807, 2.05) is 6.92 Å². The molecule has 170 valence electrons. The van der Waals surface area contributed by atoms with E-state index in [4.69, 9.17) is 14.7 Å². The minimum Gasteiger partial charge on any atom is -0.466 e. The molecule has 0 amide bonds. The first-order valence-electron chi connectivity index (χ1n) is 11.1. The number of aliphatic imine (C=N–C) groups is 1. The van der Waals surface area contributed by atoms with Crippen LogP contribution in [-0.2, 0) is 16.0 Å². The third kappa shape index (κ3) is 7.55. The third-order valence-electron chi connectivity index (χ3n) is 5.59. The van der Waals surface area contributed by atoms with Crippen LogP contribution >= 0.6 is 35.3 Å². The lowest BCUT2D eigenvalue weighted by molar-refractivity contribution is -0.149. The van der Waals surface area contributed by atoms with Crippen LogP contribution in [0.25, 0.3) is 0 Å². The zero-order valence-corrected chi connectivity index (χ0v) is 21.3. The van der Waals surface area contributed by atoms with Crippen molar-refractivity contribution in [1.82, 2.24) is 15.6 Å². The first-order valence-corrected chi connectivity index (χ1v) is 12.0. The smallest absolute Gasteiger partial charge is 0.308 e. The Bertz CT molecular complexity index is 670. The van der Waals surface area contributed by atoms with E-state index in [0.29, 0.717) is 12.6 Å². The van der Waals surface area contributed by atoms with Gasteiger partial charge in [-0.05, 0) is 52.4 Å². The van der Waals surface area contributed by atoms with Gasteiger partial charge >= 0.3 is 5.97 Å². The second-order valence-electron chi connectivity index (χ2n) is 7.77. The van der Waals surface area contributed by atoms with Crippen LogP contribution in [0.3, 0.4) is 0 Å². The quantitative estimate of drug-likeness (QED) is 0.224. The van der Waals surface area contributed by atoms with Crippen molar-refractivity contribution in [3.05, 3.63) is 11.1 Å². The van der Waals surface area contributed by atoms with E-state index in [0.717, 1.165) is 75.1 Å². The first-order chi connectivity index (χ1) is 14.2. The predicted molar refractivity (Wildman–Crippen MR) is 134 cm³/mol. The molecule has 0 aromatic carbocycles. The molecule has 2 N–H and O–H groups in total. The Hall–Kier alpha value is -1.10. The molecule has 1 aliphatic heterocycles. The Morgan fingerprint density at radius 1 is 1.27 bits per heavy atom. The normalized spacial score (nSPS) is 21.8. The lowest BCUT2D eigenvalue weighted by Gasteiger charge is -2.29. The molecule has 0 radical (unpaired) electrons. The van der Waals surface area contributed by atoms with Crippen molar-refractivity contribution in [1.29, 1.82) is 0 Å². The summed E-state index contributed by atoms with van der Waals surface area (Å²) in [6.45, 7) is 8.24. The molecule has 2 fully saturated rings. The van der Waals surface area contributed by atoms with E-state index in [1.54, 1.807) is 11.3 Å². The minimum absolute atomic E-state index is 0. The highest BCUT2D eigenvalue weighted by molar-refractivity contribution is 14.0. The van der Waals surface area contributed by atoms with Gasteiger partial charge in [-0.25, -0.2) is 4.98 Å². The highest BCUT2D eigenvalue weighted by atomic mass is 127. The van der Waals surface area contributed by atoms with Crippen molar-refractivity contribution in [2.45, 2.75) is 64.8 Å². The van der Waals surface area contributed by atoms with E-state index >= 15 is 0 Å². The molecule has 9 heteroatoms. The molecule has 1 aromatic heterocycles. The second-order valence-corrected chi connectivity index (χ2v) is 8.61. The van der Waals surface area contributed by atoms with E-state index in [1.165, 1.54) is 12.8 Å². The summed E-state index contributed by atoms with van der Waals surface area (Å²) < 4.78 is 5.16. The molecule has 1 aromatic rings. The van der Waals surface area contributed by atoms with Crippen molar-refractivity contribution in [3.8, 4) is 0 Å². The van der Waals surface area contributed by atoms with E-state index < -0.39 is 0 Å². The maximum absolute atomic E-state index is 11.9. The molecule has 0 unspecified atom stereocenters. The predicted octanol–water partition coefficient (Wildman–Crippen LogP) is 3.58. The number of nitrogens with zero attached hydrogens (tertiary/aromatic N) is 3. The zero-order valence-electron chi connectivity index (χ0n) is 18.2. The number of esters is 1. The van der Waals surface area contributed by atoms with Gasteiger partial charge in [-0.15, -0.1) is 35.3 Å². The standard InChI is InChI=1S/C21H35N5O2S.HI/c1-3-22-20(24-17-9-7-16(8-10-17)19(27)28-4-2)23-12-11-18-15-29-21(25-18)26-13-5-6-14-26;/h15-17H,3-14H2,1-2H3,(H2,22,23,24);1H. The molecule has 1 aliphatic carbocycles. The van der Waals surface area contributed by atoms with E-state index in [9.17, 15) is 4.79 Å². The zero-order chi connectivity index (χ0) is 20.5. The number of rotatable bonds is 8. The molecule has 0 spiro atoms. The average molecular weight is 550 g/mol. The summed E-state index contributed by atoms with van der Waals surface area (Å²) in [7, 11) is 0. The van der Waals surface area contributed by atoms with Crippen LogP contribution in [0.5, 0.6) is 0 Å². The molecule has 1 saturated heterocycles. The third-order valence-corrected chi connectivity index (χ3v) is 6.54. The molecule has 0 atom stereocenters. The number of anilines is 1. The molecule has 7 nitrogen and oxygen atoms in total. The summed E-state index contributed by atoms with van der Waals surface area (Å²) in [4.78, 5) is 23.8. The van der Waals surface area contributed by atoms with Crippen LogP contribution < -0.4 is 15.5 Å². The highest BCUT2D eigenvalue weighted by Crippen LogP contribution is 2.26. The van der Waals surface area contributed by atoms with Gasteiger partial charge in [-0.2, -0.15) is 0 Å². The van der Waals surface area contributed by atoms with Crippen molar-refractivity contribution >= 4 is 52.4 Å². The van der Waals surface area contributed by atoms with Crippen LogP contribution in [0.2, 0.25) is 0 Å². The van der Waals surface area contributed by atoms with Crippen LogP contribution in [0, 0.1) is 5.92 Å². The SMILES string of the molecule is CCNC(=NCCc1csc(N2CCCC2)n1)NC1CCC(C(=O)OCC)CC1.I. The molecule has 1 saturated carbocycles. The Labute approximate surface area is 201 Å². The molecule has 2 heterocycles. The number of guanidine groups is 1. The van der Waals surface area contributed by atoms with Gasteiger partial charge in [0.25, 0.3) is 0 Å². The highest BCUT2D eigenvalue weighted by Gasteiger charge is 2.27. The largest absolute Gasteiger partial charge is 0.466 e. The molecular formula is C21H36IN5O2S. The Morgan fingerprint density at radius 3 is 2.67 bits per heavy atom.